The summed E-state index contributed by atoms with van der Waals surface area (Å²) in [7, 11) is 0. The van der Waals surface area contributed by atoms with Gasteiger partial charge < -0.3 is 27.0 Å². The molecule has 0 aliphatic rings. The van der Waals surface area contributed by atoms with Gasteiger partial charge in [0.2, 0.25) is 5.51 Å². The lowest BCUT2D eigenvalue weighted by atomic mass is 10.1. The first-order chi connectivity index (χ1) is 17.8. The minimum Gasteiger partial charge on any atom is -1.00 e. The maximum Gasteiger partial charge on any atom is 0.255 e. The van der Waals surface area contributed by atoms with Crippen LogP contribution in [0.4, 0.5) is 5.69 Å². The molecule has 0 aliphatic heterocycles. The molecule has 0 saturated heterocycles. The molecule has 0 spiro atoms. The highest BCUT2D eigenvalue weighted by Crippen LogP contribution is 2.25. The van der Waals surface area contributed by atoms with E-state index in [1.54, 1.807) is 11.3 Å². The van der Waals surface area contributed by atoms with E-state index in [4.69, 9.17) is 4.74 Å². The van der Waals surface area contributed by atoms with Crippen LogP contribution in [0.15, 0.2) is 65.6 Å². The summed E-state index contributed by atoms with van der Waals surface area (Å²) in [6.07, 6.45) is 18.0. The van der Waals surface area contributed by atoms with Crippen LogP contribution < -0.4 is 31.6 Å². The fraction of sp³-hybridized carbons (Fsp3) is 0.484. The summed E-state index contributed by atoms with van der Waals surface area (Å²) in [5.74, 6) is 0.616. The first-order valence-electron chi connectivity index (χ1n) is 13.8. The summed E-state index contributed by atoms with van der Waals surface area (Å²) in [5, 5.41) is 5.08. The Hall–Kier alpha value is -2.18. The molecule has 4 nitrogen and oxygen atoms in total. The lowest BCUT2D eigenvalue weighted by Crippen LogP contribution is -3.00. The van der Waals surface area contributed by atoms with Crippen LogP contribution in [-0.4, -0.2) is 12.5 Å². The van der Waals surface area contributed by atoms with Gasteiger partial charge in [-0.05, 0) is 30.7 Å². The summed E-state index contributed by atoms with van der Waals surface area (Å²) in [4.78, 5) is 12.8. The Morgan fingerprint density at radius 2 is 1.46 bits per heavy atom. The van der Waals surface area contributed by atoms with E-state index in [1.165, 1.54) is 76.2 Å². The van der Waals surface area contributed by atoms with Gasteiger partial charge in [-0.2, -0.15) is 4.57 Å². The van der Waals surface area contributed by atoms with Gasteiger partial charge in [-0.3, -0.25) is 4.79 Å². The van der Waals surface area contributed by atoms with Crippen LogP contribution in [0.2, 0.25) is 0 Å². The number of nitrogens with zero attached hydrogens (tertiary/aromatic N) is 1. The van der Waals surface area contributed by atoms with Crippen LogP contribution in [0.1, 0.15) is 99.9 Å². The molecule has 1 aromatic heterocycles. The zero-order valence-electron chi connectivity index (χ0n) is 22.3. The Balaban J connectivity index is 0.00000481. The van der Waals surface area contributed by atoms with Crippen molar-refractivity contribution in [2.75, 3.05) is 11.9 Å². The maximum absolute atomic E-state index is 12.8. The number of rotatable bonds is 18. The Morgan fingerprint density at radius 1 is 0.838 bits per heavy atom. The molecule has 0 atom stereocenters. The molecular formula is C31H43BrN2O2S. The third-order valence-corrected chi connectivity index (χ3v) is 7.17. The molecule has 37 heavy (non-hydrogen) atoms. The standard InChI is InChI=1S/C31H42N2O2S.BrH/c1-2-3-4-5-6-7-8-9-10-11-12-15-23-35-30-17-14-13-16-29(30)32-31(34)28-20-18-27(19-21-28)25-33-22-24-36-26-33;/h13-14,16-22,24,26H,2-12,15,23,25H2,1H3;1H. The molecule has 0 saturated carbocycles. The molecule has 3 aromatic rings. The number of amides is 1. The number of nitrogens with one attached hydrogen (secondary N) is 1. The average Bonchev–Trinajstić information content (AvgIpc) is 3.41. The molecule has 0 aliphatic carbocycles. The van der Waals surface area contributed by atoms with Gasteiger partial charge >= 0.3 is 0 Å². The summed E-state index contributed by atoms with van der Waals surface area (Å²) in [6.45, 7) is 3.76. The molecule has 3 rings (SSSR count). The highest BCUT2D eigenvalue weighted by Gasteiger charge is 2.11. The van der Waals surface area contributed by atoms with Crippen molar-refractivity contribution < 1.29 is 31.1 Å². The van der Waals surface area contributed by atoms with Crippen LogP contribution in [-0.2, 0) is 6.54 Å². The van der Waals surface area contributed by atoms with Crippen molar-refractivity contribution in [3.63, 3.8) is 0 Å². The largest absolute Gasteiger partial charge is 1.00 e. The monoisotopic (exact) mass is 586 g/mol. The highest BCUT2D eigenvalue weighted by molar-refractivity contribution is 7.07. The summed E-state index contributed by atoms with van der Waals surface area (Å²) in [5.41, 5.74) is 4.61. The number of carbonyl (C=O) groups excluding carboxylic acids is 1. The fourth-order valence-electron chi connectivity index (χ4n) is 4.34. The van der Waals surface area contributed by atoms with Gasteiger partial charge in [0.05, 0.1) is 17.7 Å². The molecule has 6 heteroatoms. The first kappa shape index (κ1) is 31.0. The number of hydrogen-bond donors (Lipinski definition) is 1. The number of anilines is 1. The van der Waals surface area contributed by atoms with E-state index < -0.39 is 0 Å². The van der Waals surface area contributed by atoms with Crippen LogP contribution in [0.25, 0.3) is 0 Å². The number of carbonyl (C=O) groups is 1. The number of halogens is 1. The van der Waals surface area contributed by atoms with E-state index in [2.05, 4.69) is 33.9 Å². The quantitative estimate of drug-likeness (QED) is 0.160. The van der Waals surface area contributed by atoms with Crippen molar-refractivity contribution in [2.24, 2.45) is 0 Å². The van der Waals surface area contributed by atoms with E-state index in [-0.39, 0.29) is 22.9 Å². The minimum absolute atomic E-state index is 0. The Morgan fingerprint density at radius 3 is 2.08 bits per heavy atom. The van der Waals surface area contributed by atoms with Gasteiger partial charge in [0, 0.05) is 11.1 Å². The smallest absolute Gasteiger partial charge is 0.255 e. The van der Waals surface area contributed by atoms with Gasteiger partial charge in [-0.1, -0.05) is 113 Å². The van der Waals surface area contributed by atoms with Crippen molar-refractivity contribution in [3.8, 4) is 5.75 Å². The average molecular weight is 588 g/mol. The second kappa shape index (κ2) is 19.0. The van der Waals surface area contributed by atoms with Crippen molar-refractivity contribution in [1.29, 1.82) is 0 Å². The fourth-order valence-corrected chi connectivity index (χ4v) is 4.94. The zero-order valence-corrected chi connectivity index (χ0v) is 24.7. The molecule has 0 unspecified atom stereocenters. The highest BCUT2D eigenvalue weighted by atomic mass is 79.9. The van der Waals surface area contributed by atoms with Gasteiger partial charge in [0.1, 0.15) is 5.75 Å². The minimum atomic E-state index is -0.119. The maximum atomic E-state index is 12.8. The number of unbranched alkanes of at least 4 members (excludes halogenated alkanes) is 11. The van der Waals surface area contributed by atoms with Gasteiger partial charge in [0.25, 0.3) is 5.91 Å². The van der Waals surface area contributed by atoms with Crippen LogP contribution >= 0.6 is 11.3 Å². The predicted octanol–water partition coefficient (Wildman–Crippen LogP) is 5.42. The number of thiazole rings is 1. The van der Waals surface area contributed by atoms with Crippen molar-refractivity contribution >= 4 is 22.9 Å². The van der Waals surface area contributed by atoms with Crippen LogP contribution in [0.5, 0.6) is 5.75 Å². The topological polar surface area (TPSA) is 42.2 Å². The summed E-state index contributed by atoms with van der Waals surface area (Å²) in [6, 6.07) is 15.5. The van der Waals surface area contributed by atoms with E-state index in [9.17, 15) is 4.79 Å². The molecule has 202 valence electrons. The first-order valence-corrected chi connectivity index (χ1v) is 14.7. The third kappa shape index (κ3) is 12.3. The van der Waals surface area contributed by atoms with Crippen LogP contribution in [0.3, 0.4) is 0 Å². The number of benzene rings is 2. The zero-order chi connectivity index (χ0) is 25.3. The number of ether oxygens (including phenoxy) is 1. The normalized spacial score (nSPS) is 10.6. The van der Waals surface area contributed by atoms with Crippen LogP contribution in [0, 0.1) is 0 Å². The molecule has 1 N–H and O–H groups in total. The van der Waals surface area contributed by atoms with E-state index in [0.29, 0.717) is 12.2 Å². The SMILES string of the molecule is CCCCCCCCCCCCCCOc1ccccc1NC(=O)c1ccc(C[n+]2ccsc2)cc1.[Br-]. The Kier molecular flexibility index (Phi) is 15.9. The van der Waals surface area contributed by atoms with Gasteiger partial charge in [-0.15, -0.1) is 0 Å². The summed E-state index contributed by atoms with van der Waals surface area (Å²) < 4.78 is 8.16. The number of hydrogen-bond acceptors (Lipinski definition) is 3. The molecule has 1 amide bonds. The molecule has 0 fully saturated rings. The van der Waals surface area contributed by atoms with Crippen molar-refractivity contribution in [1.82, 2.24) is 0 Å². The van der Waals surface area contributed by atoms with Gasteiger partial charge in [-0.25, -0.2) is 0 Å². The van der Waals surface area contributed by atoms with E-state index >= 15 is 0 Å². The number of para-hydroxylation sites is 2. The molecular weight excluding hydrogens is 544 g/mol. The predicted molar refractivity (Wildman–Crippen MR) is 151 cm³/mol. The second-order valence-electron chi connectivity index (χ2n) is 9.58. The number of aromatic nitrogens is 1. The summed E-state index contributed by atoms with van der Waals surface area (Å²) >= 11 is 1.67. The third-order valence-electron chi connectivity index (χ3n) is 6.50. The molecule has 0 bridgehead atoms. The Bertz CT molecular complexity index is 993. The van der Waals surface area contributed by atoms with Crippen molar-refractivity contribution in [3.05, 3.63) is 76.7 Å². The van der Waals surface area contributed by atoms with E-state index in [1.807, 2.05) is 48.5 Å². The van der Waals surface area contributed by atoms with Crippen molar-refractivity contribution in [2.45, 2.75) is 90.5 Å². The second-order valence-corrected chi connectivity index (χ2v) is 10.3. The Labute approximate surface area is 238 Å². The van der Waals surface area contributed by atoms with E-state index in [0.717, 1.165) is 24.4 Å². The van der Waals surface area contributed by atoms with Gasteiger partial charge in [0.15, 0.2) is 12.7 Å². The molecule has 2 aromatic carbocycles. The lowest BCUT2D eigenvalue weighted by molar-refractivity contribution is -0.683. The molecule has 1 heterocycles. The lowest BCUT2D eigenvalue weighted by Gasteiger charge is -2.12. The molecule has 0 radical (unpaired) electrons.